The van der Waals surface area contributed by atoms with Crippen LogP contribution in [0.4, 0.5) is 51.2 Å². The van der Waals surface area contributed by atoms with E-state index in [0.717, 1.165) is 117 Å². The summed E-state index contributed by atoms with van der Waals surface area (Å²) in [7, 11) is 0. The maximum absolute atomic E-state index is 7.78. The van der Waals surface area contributed by atoms with Crippen LogP contribution in [0.25, 0.3) is 77.3 Å². The van der Waals surface area contributed by atoms with Crippen molar-refractivity contribution < 1.29 is 8.83 Å². The Kier molecular flexibility index (Phi) is 10.6. The maximum atomic E-state index is 7.78. The zero-order chi connectivity index (χ0) is 62.0. The standard InChI is InChI=1S/C87H61N3O2S/c1-50-24-7-16-34-68(50)88(52-42-44-62-58(46-52)54-26-9-13-30-60(54)85(62,3)4)72-48-66-80(83-78(72)56-28-11-20-38-74(56)91-83)81-67(87(66)64-32-15-18-36-70(64)90-71-37-19-22-40-76(71)93-77-41-23-33-65(87)82(77)90)49-73(79-57-29-12-21-39-75(57)92-84(79)81)89(69-35-17-8-25-51(69)2)53-43-45-63-59(47-53)55-27-10-14-31-61(55)86(63,5)6/h7-49H,1-6H3. The lowest BCUT2D eigenvalue weighted by Gasteiger charge is -2.47. The predicted octanol–water partition coefficient (Wildman–Crippen LogP) is 24.3. The Morgan fingerprint density at radius 2 is 0.774 bits per heavy atom. The Bertz CT molecular complexity index is 5540. The third-order valence-corrected chi connectivity index (χ3v) is 22.8. The van der Waals surface area contributed by atoms with Gasteiger partial charge in [0.05, 0.1) is 44.6 Å². The molecule has 0 saturated carbocycles. The Labute approximate surface area is 544 Å². The van der Waals surface area contributed by atoms with Crippen molar-refractivity contribution in [2.24, 2.45) is 0 Å². The van der Waals surface area contributed by atoms with Gasteiger partial charge in [0.2, 0.25) is 0 Å². The van der Waals surface area contributed by atoms with Crippen LogP contribution in [0.1, 0.15) is 83.3 Å². The molecule has 0 atom stereocenters. The minimum atomic E-state index is -0.990. The molecule has 5 nitrogen and oxygen atoms in total. The number of aryl methyl sites for hydroxylation is 2. The highest BCUT2D eigenvalue weighted by atomic mass is 32.2. The molecule has 6 heteroatoms. The molecule has 442 valence electrons. The van der Waals surface area contributed by atoms with Crippen molar-refractivity contribution in [2.75, 3.05) is 14.7 Å². The molecule has 2 aromatic heterocycles. The van der Waals surface area contributed by atoms with E-state index in [-0.39, 0.29) is 10.8 Å². The molecule has 5 aliphatic rings. The highest BCUT2D eigenvalue weighted by Crippen LogP contribution is 2.71. The van der Waals surface area contributed by atoms with E-state index in [9.17, 15) is 0 Å². The molecule has 1 spiro atoms. The van der Waals surface area contributed by atoms with Crippen molar-refractivity contribution in [3.63, 3.8) is 0 Å². The Balaban J connectivity index is 0.974. The number of anilines is 9. The first-order chi connectivity index (χ1) is 45.5. The van der Waals surface area contributed by atoms with Crippen LogP contribution in [0.3, 0.4) is 0 Å². The lowest BCUT2D eigenvalue weighted by molar-refractivity contribution is 0.660. The fourth-order valence-corrected chi connectivity index (χ4v) is 18.6. The van der Waals surface area contributed by atoms with Crippen LogP contribution < -0.4 is 14.7 Å². The number of rotatable bonds is 6. The van der Waals surface area contributed by atoms with Crippen molar-refractivity contribution in [3.8, 4) is 33.4 Å². The van der Waals surface area contributed by atoms with Crippen molar-refractivity contribution in [1.29, 1.82) is 0 Å². The molecule has 0 bridgehead atoms. The van der Waals surface area contributed by atoms with Gasteiger partial charge in [0.25, 0.3) is 0 Å². The van der Waals surface area contributed by atoms with Crippen molar-refractivity contribution in [3.05, 3.63) is 316 Å². The molecule has 93 heavy (non-hydrogen) atoms. The third kappa shape index (κ3) is 6.83. The summed E-state index contributed by atoms with van der Waals surface area (Å²) in [6.07, 6.45) is 0. The molecule has 20 rings (SSSR count). The van der Waals surface area contributed by atoms with Gasteiger partial charge >= 0.3 is 0 Å². The SMILES string of the molecule is Cc1ccccc1N(c1ccc2c(c1)-c1ccccc1C2(C)C)c1cc2c(c3oc4ccccc4c13)-c1c(cc(N(c3ccc4c(c3)-c3ccccc3C4(C)C)c3ccccc3C)c3c1oc1ccccc13)C21c2ccccc2N2c3ccccc3Sc3cccc1c32. The maximum Gasteiger partial charge on any atom is 0.145 e. The van der Waals surface area contributed by atoms with Crippen LogP contribution >= 0.6 is 11.8 Å². The second-order valence-corrected chi connectivity index (χ2v) is 28.2. The van der Waals surface area contributed by atoms with Crippen LogP contribution in [0.5, 0.6) is 0 Å². The van der Waals surface area contributed by atoms with Gasteiger partial charge in [-0.25, -0.2) is 0 Å². The van der Waals surface area contributed by atoms with Crippen LogP contribution in [0.15, 0.2) is 279 Å². The topological polar surface area (TPSA) is 36.0 Å². The quantitative estimate of drug-likeness (QED) is 0.165. The fourth-order valence-electron chi connectivity index (χ4n) is 17.5. The number of hydrogen-bond acceptors (Lipinski definition) is 6. The molecule has 3 aliphatic carbocycles. The van der Waals surface area contributed by atoms with Crippen LogP contribution in [0, 0.1) is 13.8 Å². The van der Waals surface area contributed by atoms with Gasteiger partial charge in [-0.2, -0.15) is 0 Å². The van der Waals surface area contributed by atoms with Gasteiger partial charge in [0, 0.05) is 65.3 Å². The van der Waals surface area contributed by atoms with Crippen LogP contribution in [0.2, 0.25) is 0 Å². The van der Waals surface area contributed by atoms with E-state index in [1.807, 2.05) is 11.8 Å². The minimum absolute atomic E-state index is 0.175. The Hall–Kier alpha value is -10.8. The van der Waals surface area contributed by atoms with Gasteiger partial charge in [-0.15, -0.1) is 0 Å². The van der Waals surface area contributed by atoms with E-state index in [1.165, 1.54) is 76.8 Å². The molecular formula is C87H61N3O2S. The summed E-state index contributed by atoms with van der Waals surface area (Å²) >= 11 is 1.86. The van der Waals surface area contributed by atoms with Gasteiger partial charge in [-0.05, 0) is 177 Å². The average molecular weight is 1210 g/mol. The molecule has 0 amide bonds. The van der Waals surface area contributed by atoms with E-state index in [2.05, 4.69) is 317 Å². The Morgan fingerprint density at radius 1 is 0.344 bits per heavy atom. The summed E-state index contributed by atoms with van der Waals surface area (Å²) in [5.74, 6) is 0. The summed E-state index contributed by atoms with van der Waals surface area (Å²) in [5.41, 5.74) is 31.3. The van der Waals surface area contributed by atoms with Gasteiger partial charge in [-0.3, -0.25) is 0 Å². The third-order valence-electron chi connectivity index (χ3n) is 21.7. The smallest absolute Gasteiger partial charge is 0.145 e. The summed E-state index contributed by atoms with van der Waals surface area (Å²) in [5, 5.41) is 4.17. The number of fused-ring (bicyclic) bond motifs is 25. The molecule has 2 aliphatic heterocycles. The first kappa shape index (κ1) is 52.9. The van der Waals surface area contributed by atoms with E-state index >= 15 is 0 Å². The Morgan fingerprint density at radius 3 is 1.32 bits per heavy atom. The molecule has 0 unspecified atom stereocenters. The molecule has 0 N–H and O–H groups in total. The minimum Gasteiger partial charge on any atom is -0.455 e. The average Bonchev–Trinajstić information content (AvgIpc) is 1.53. The lowest BCUT2D eigenvalue weighted by Crippen LogP contribution is -2.37. The van der Waals surface area contributed by atoms with Crippen molar-refractivity contribution >= 4 is 107 Å². The predicted molar refractivity (Wildman–Crippen MR) is 385 cm³/mol. The highest BCUT2D eigenvalue weighted by Gasteiger charge is 2.56. The van der Waals surface area contributed by atoms with E-state index in [1.54, 1.807) is 0 Å². The number of para-hydroxylation sites is 7. The largest absolute Gasteiger partial charge is 0.455 e. The number of nitrogens with zero attached hydrogens (tertiary/aromatic N) is 3. The van der Waals surface area contributed by atoms with Crippen molar-refractivity contribution in [1.82, 2.24) is 0 Å². The van der Waals surface area contributed by atoms with Crippen molar-refractivity contribution in [2.45, 2.75) is 67.6 Å². The monoisotopic (exact) mass is 1210 g/mol. The molecule has 0 saturated heterocycles. The van der Waals surface area contributed by atoms with E-state index < -0.39 is 5.41 Å². The van der Waals surface area contributed by atoms with Gasteiger partial charge < -0.3 is 23.5 Å². The number of furan rings is 2. The summed E-state index contributed by atoms with van der Waals surface area (Å²) in [4.78, 5) is 10.1. The number of benzene rings is 13. The molecule has 0 radical (unpaired) electrons. The first-order valence-corrected chi connectivity index (χ1v) is 33.3. The van der Waals surface area contributed by atoms with E-state index in [4.69, 9.17) is 8.83 Å². The molecule has 4 heterocycles. The summed E-state index contributed by atoms with van der Waals surface area (Å²) in [6, 6.07) is 98.0. The second-order valence-electron chi connectivity index (χ2n) is 27.1. The van der Waals surface area contributed by atoms with Gasteiger partial charge in [0.15, 0.2) is 0 Å². The van der Waals surface area contributed by atoms with Gasteiger partial charge in [-0.1, -0.05) is 215 Å². The highest BCUT2D eigenvalue weighted by molar-refractivity contribution is 7.99. The summed E-state index contributed by atoms with van der Waals surface area (Å²) in [6.45, 7) is 14.0. The van der Waals surface area contributed by atoms with E-state index in [0.29, 0.717) is 0 Å². The molecule has 13 aromatic carbocycles. The molecular weight excluding hydrogens is 1150 g/mol. The van der Waals surface area contributed by atoms with Crippen LogP contribution in [-0.2, 0) is 16.2 Å². The lowest BCUT2D eigenvalue weighted by atomic mass is 9.64. The zero-order valence-electron chi connectivity index (χ0n) is 52.4. The normalized spacial score (nSPS) is 15.0. The molecule has 15 aromatic rings. The van der Waals surface area contributed by atoms with Gasteiger partial charge in [0.1, 0.15) is 22.3 Å². The first-order valence-electron chi connectivity index (χ1n) is 32.5. The molecule has 0 fully saturated rings. The summed E-state index contributed by atoms with van der Waals surface area (Å²) < 4.78 is 15.6. The fraction of sp³-hybridized carbons (Fsp3) is 0.103. The second kappa shape index (κ2) is 18.7. The zero-order valence-corrected chi connectivity index (χ0v) is 53.2. The van der Waals surface area contributed by atoms with Crippen LogP contribution in [-0.4, -0.2) is 0 Å². The number of hydrogen-bond donors (Lipinski definition) is 0.